The van der Waals surface area contributed by atoms with E-state index < -0.39 is 15.9 Å². The molecule has 3 rings (SSSR count). The summed E-state index contributed by atoms with van der Waals surface area (Å²) in [4.78, 5) is 3.92. The molecule has 0 spiro atoms. The first kappa shape index (κ1) is 19.3. The van der Waals surface area contributed by atoms with Crippen LogP contribution in [-0.2, 0) is 16.7 Å². The summed E-state index contributed by atoms with van der Waals surface area (Å²) in [6.07, 6.45) is 1.97. The van der Waals surface area contributed by atoms with Crippen LogP contribution in [0.1, 0.15) is 36.3 Å². The van der Waals surface area contributed by atoms with Gasteiger partial charge in [-0.15, -0.1) is 0 Å². The molecule has 0 saturated heterocycles. The predicted octanol–water partition coefficient (Wildman–Crippen LogP) is 2.25. The quantitative estimate of drug-likeness (QED) is 0.390. The van der Waals surface area contributed by atoms with Crippen LogP contribution in [0.15, 0.2) is 41.1 Å². The summed E-state index contributed by atoms with van der Waals surface area (Å²) >= 11 is -0.151. The molecule has 0 aliphatic carbocycles. The Morgan fingerprint density at radius 2 is 2.12 bits per heavy atom. The number of aromatic nitrogens is 1. The molecule has 1 aromatic carbocycles. The standard InChI is InChI=1S/C18H21FN2O3SSe/c1-3-21-15-8-5-4-7-14(15)13(2)17(21)16(19)18-20(10-12-26-18)9-6-11-25(22,23)24/h4-5,7-8,10,12-13H,3,6,9,11H2,1-2H3. The molecule has 0 N–H and O–H groups in total. The van der Waals surface area contributed by atoms with Crippen LogP contribution in [0.5, 0.6) is 0 Å². The molecule has 2 heterocycles. The van der Waals surface area contributed by atoms with Crippen LogP contribution in [0, 0.1) is 0 Å². The van der Waals surface area contributed by atoms with Crippen LogP contribution in [-0.4, -0.2) is 39.8 Å². The number of para-hydroxylation sites is 1. The number of hydrogen-bond acceptors (Lipinski definition) is 4. The first-order valence-corrected chi connectivity index (χ1v) is 11.9. The zero-order valence-corrected chi connectivity index (χ0v) is 17.2. The van der Waals surface area contributed by atoms with Gasteiger partial charge in [0.25, 0.3) is 0 Å². The number of fused-ring (bicyclic) bond motifs is 1. The van der Waals surface area contributed by atoms with Crippen molar-refractivity contribution in [1.29, 1.82) is 0 Å². The summed E-state index contributed by atoms with van der Waals surface area (Å²) in [5, 5.41) is 0. The Hall–Kier alpha value is -1.47. The topological polar surface area (TPSA) is 64.3 Å². The fraction of sp³-hybridized carbons (Fsp3) is 0.389. The monoisotopic (exact) mass is 444 g/mol. The SMILES string of the molecule is CCN1C(=C(F)c2[se]cc[n+]2CCCS(=O)(=O)[O-])C(C)c2ccccc21. The van der Waals surface area contributed by atoms with Gasteiger partial charge in [-0.1, -0.05) is 0 Å². The van der Waals surface area contributed by atoms with E-state index in [1.54, 1.807) is 10.8 Å². The fourth-order valence-electron chi connectivity index (χ4n) is 3.44. The summed E-state index contributed by atoms with van der Waals surface area (Å²) in [7, 11) is -4.25. The third-order valence-corrected chi connectivity index (χ3v) is 7.26. The Bertz CT molecular complexity index is 939. The van der Waals surface area contributed by atoms with E-state index in [-0.39, 0.29) is 32.7 Å². The van der Waals surface area contributed by atoms with E-state index in [1.165, 1.54) is 0 Å². The molecular formula is C18H21FN2O3SSe. The van der Waals surface area contributed by atoms with Gasteiger partial charge in [0.2, 0.25) is 0 Å². The third kappa shape index (κ3) is 3.78. The van der Waals surface area contributed by atoms with Crippen LogP contribution < -0.4 is 9.47 Å². The summed E-state index contributed by atoms with van der Waals surface area (Å²) in [5.41, 5.74) is 2.81. The summed E-state index contributed by atoms with van der Waals surface area (Å²) < 4.78 is 50.3. The molecule has 1 aliphatic heterocycles. The molecule has 0 bridgehead atoms. The molecule has 0 saturated carbocycles. The van der Waals surface area contributed by atoms with Crippen molar-refractivity contribution in [2.75, 3.05) is 17.2 Å². The van der Waals surface area contributed by atoms with Crippen LogP contribution in [0.25, 0.3) is 5.83 Å². The Morgan fingerprint density at radius 1 is 1.38 bits per heavy atom. The average molecular weight is 443 g/mol. The Labute approximate surface area is 159 Å². The van der Waals surface area contributed by atoms with Crippen LogP contribution >= 0.6 is 0 Å². The maximum absolute atomic E-state index is 15.5. The molecule has 1 aromatic heterocycles. The fourth-order valence-corrected chi connectivity index (χ4v) is 5.67. The molecule has 0 amide bonds. The van der Waals surface area contributed by atoms with E-state index in [4.69, 9.17) is 0 Å². The van der Waals surface area contributed by atoms with Gasteiger partial charge >= 0.3 is 159 Å². The molecule has 5 nitrogen and oxygen atoms in total. The number of nitrogens with zero attached hydrogens (tertiary/aromatic N) is 2. The van der Waals surface area contributed by atoms with Crippen molar-refractivity contribution >= 4 is 36.1 Å². The second kappa shape index (κ2) is 7.64. The number of rotatable bonds is 6. The molecule has 140 valence electrons. The van der Waals surface area contributed by atoms with Crippen molar-refractivity contribution in [1.82, 2.24) is 0 Å². The number of halogens is 1. The zero-order chi connectivity index (χ0) is 18.9. The van der Waals surface area contributed by atoms with Crippen LogP contribution in [0.3, 0.4) is 0 Å². The van der Waals surface area contributed by atoms with Crippen molar-refractivity contribution in [3.05, 3.63) is 51.2 Å². The number of anilines is 1. The number of allylic oxidation sites excluding steroid dienone is 1. The first-order chi connectivity index (χ1) is 12.3. The predicted molar refractivity (Wildman–Crippen MR) is 98.7 cm³/mol. The molecule has 1 atom stereocenters. The van der Waals surface area contributed by atoms with E-state index in [1.807, 2.05) is 48.0 Å². The molecule has 1 aliphatic rings. The van der Waals surface area contributed by atoms with Crippen molar-refractivity contribution in [3.63, 3.8) is 0 Å². The summed E-state index contributed by atoms with van der Waals surface area (Å²) in [6.45, 7) is 5.00. The van der Waals surface area contributed by atoms with E-state index in [0.29, 0.717) is 23.4 Å². The molecule has 0 fully saturated rings. The molecule has 2 aromatic rings. The molecule has 26 heavy (non-hydrogen) atoms. The van der Waals surface area contributed by atoms with Crippen molar-refractivity contribution in [3.8, 4) is 0 Å². The Morgan fingerprint density at radius 3 is 2.81 bits per heavy atom. The van der Waals surface area contributed by atoms with Gasteiger partial charge in [-0.3, -0.25) is 0 Å². The minimum atomic E-state index is -4.25. The van der Waals surface area contributed by atoms with Gasteiger partial charge in [0.15, 0.2) is 0 Å². The average Bonchev–Trinajstić information content (AvgIpc) is 3.16. The number of benzene rings is 1. The minimum absolute atomic E-state index is 0.0427. The summed E-state index contributed by atoms with van der Waals surface area (Å²) in [6, 6.07) is 7.96. The summed E-state index contributed by atoms with van der Waals surface area (Å²) in [5.74, 6) is -0.705. The van der Waals surface area contributed by atoms with E-state index in [0.717, 1.165) is 11.3 Å². The van der Waals surface area contributed by atoms with Gasteiger partial charge in [-0.25, -0.2) is 0 Å². The van der Waals surface area contributed by atoms with Crippen molar-refractivity contribution < 1.29 is 21.9 Å². The van der Waals surface area contributed by atoms with Gasteiger partial charge in [0.1, 0.15) is 0 Å². The maximum atomic E-state index is 15.5. The van der Waals surface area contributed by atoms with E-state index in [2.05, 4.69) is 0 Å². The Kier molecular flexibility index (Phi) is 5.67. The molecule has 8 heteroatoms. The normalized spacial score (nSPS) is 18.9. The van der Waals surface area contributed by atoms with Gasteiger partial charge in [-0.2, -0.15) is 0 Å². The second-order valence-electron chi connectivity index (χ2n) is 6.24. The van der Waals surface area contributed by atoms with Gasteiger partial charge in [-0.05, 0) is 0 Å². The van der Waals surface area contributed by atoms with Gasteiger partial charge < -0.3 is 0 Å². The van der Waals surface area contributed by atoms with Crippen LogP contribution in [0.2, 0.25) is 0 Å². The molecular weight excluding hydrogens is 422 g/mol. The number of aryl methyl sites for hydroxylation is 1. The van der Waals surface area contributed by atoms with Crippen molar-refractivity contribution in [2.24, 2.45) is 0 Å². The Balaban J connectivity index is 1.94. The third-order valence-electron chi connectivity index (χ3n) is 4.60. The van der Waals surface area contributed by atoms with Gasteiger partial charge in [0, 0.05) is 0 Å². The first-order valence-electron chi connectivity index (χ1n) is 8.50. The second-order valence-corrected chi connectivity index (χ2v) is 9.64. The van der Waals surface area contributed by atoms with E-state index >= 15 is 4.39 Å². The zero-order valence-electron chi connectivity index (χ0n) is 14.7. The van der Waals surface area contributed by atoms with Crippen LogP contribution in [0.4, 0.5) is 10.1 Å². The number of likely N-dealkylation sites (N-methyl/N-ethyl adjacent to an activating group) is 1. The molecule has 1 unspecified atom stereocenters. The van der Waals surface area contributed by atoms with E-state index in [9.17, 15) is 13.0 Å². The van der Waals surface area contributed by atoms with Crippen molar-refractivity contribution in [2.45, 2.75) is 32.7 Å². The number of hydrogen-bond donors (Lipinski definition) is 0. The van der Waals surface area contributed by atoms with Gasteiger partial charge in [0.05, 0.1) is 0 Å². The molecule has 0 radical (unpaired) electrons.